The molecule has 0 aliphatic heterocycles. The maximum Gasteiger partial charge on any atom is 0.244 e. The Labute approximate surface area is 96.1 Å². The number of ether oxygens (including phenoxy) is 1. The van der Waals surface area contributed by atoms with Crippen LogP contribution in [0.2, 0.25) is 0 Å². The molecule has 1 rings (SSSR count). The Morgan fingerprint density at radius 3 is 2.81 bits per heavy atom. The zero-order valence-corrected chi connectivity index (χ0v) is 9.48. The molecule has 0 saturated heterocycles. The molecule has 0 radical (unpaired) electrons. The van der Waals surface area contributed by atoms with Gasteiger partial charge in [-0.3, -0.25) is 4.79 Å². The molecule has 1 aromatic rings. The number of carbonyl (C=O) groups excluding carboxylic acids is 1. The molecule has 0 unspecified atom stereocenters. The van der Waals surface area contributed by atoms with Gasteiger partial charge >= 0.3 is 0 Å². The normalized spacial score (nSPS) is 10.6. The lowest BCUT2D eigenvalue weighted by Crippen LogP contribution is -2.22. The van der Waals surface area contributed by atoms with Crippen molar-refractivity contribution in [2.45, 2.75) is 6.42 Å². The van der Waals surface area contributed by atoms with Gasteiger partial charge in [0.05, 0.1) is 0 Å². The van der Waals surface area contributed by atoms with Crippen LogP contribution in [-0.4, -0.2) is 26.2 Å². The summed E-state index contributed by atoms with van der Waals surface area (Å²) in [6.45, 7) is 1.31. The van der Waals surface area contributed by atoms with E-state index in [9.17, 15) is 4.79 Å². The fourth-order valence-electron chi connectivity index (χ4n) is 1.22. The highest BCUT2D eigenvalue weighted by atomic mass is 16.5. The third-order valence-corrected chi connectivity index (χ3v) is 2.05. The Bertz CT molecular complexity index is 333. The highest BCUT2D eigenvalue weighted by molar-refractivity contribution is 5.91. The van der Waals surface area contributed by atoms with Gasteiger partial charge in [0.15, 0.2) is 0 Å². The van der Waals surface area contributed by atoms with Crippen molar-refractivity contribution in [3.05, 3.63) is 42.0 Å². The van der Waals surface area contributed by atoms with Gasteiger partial charge < -0.3 is 10.1 Å². The van der Waals surface area contributed by atoms with E-state index in [4.69, 9.17) is 4.74 Å². The highest BCUT2D eigenvalue weighted by Gasteiger charge is 1.93. The van der Waals surface area contributed by atoms with Crippen LogP contribution in [0.4, 0.5) is 0 Å². The van der Waals surface area contributed by atoms with Crippen molar-refractivity contribution in [3.63, 3.8) is 0 Å². The third kappa shape index (κ3) is 5.32. The van der Waals surface area contributed by atoms with Crippen LogP contribution in [-0.2, 0) is 9.53 Å². The molecule has 3 nitrogen and oxygen atoms in total. The molecule has 0 bridgehead atoms. The first kappa shape index (κ1) is 12.5. The minimum absolute atomic E-state index is 0.0695. The van der Waals surface area contributed by atoms with Gasteiger partial charge in [-0.15, -0.1) is 0 Å². The van der Waals surface area contributed by atoms with Crippen molar-refractivity contribution < 1.29 is 9.53 Å². The molecule has 1 amide bonds. The number of hydrogen-bond acceptors (Lipinski definition) is 2. The second kappa shape index (κ2) is 7.65. The second-order valence-electron chi connectivity index (χ2n) is 3.38. The SMILES string of the molecule is COCCCNC(=O)/C=C\c1ccccc1. The third-order valence-electron chi connectivity index (χ3n) is 2.05. The molecule has 1 N–H and O–H groups in total. The number of nitrogens with one attached hydrogen (secondary N) is 1. The van der Waals surface area contributed by atoms with Gasteiger partial charge in [-0.25, -0.2) is 0 Å². The van der Waals surface area contributed by atoms with Crippen LogP contribution in [0, 0.1) is 0 Å². The van der Waals surface area contributed by atoms with Crippen LogP contribution < -0.4 is 5.32 Å². The minimum Gasteiger partial charge on any atom is -0.385 e. The van der Waals surface area contributed by atoms with E-state index >= 15 is 0 Å². The van der Waals surface area contributed by atoms with E-state index in [0.717, 1.165) is 12.0 Å². The molecule has 0 heterocycles. The zero-order chi connectivity index (χ0) is 11.6. The number of amides is 1. The first-order valence-corrected chi connectivity index (χ1v) is 5.33. The van der Waals surface area contributed by atoms with Crippen molar-refractivity contribution in [1.29, 1.82) is 0 Å². The number of methoxy groups -OCH3 is 1. The highest BCUT2D eigenvalue weighted by Crippen LogP contribution is 2.00. The monoisotopic (exact) mass is 219 g/mol. The van der Waals surface area contributed by atoms with E-state index in [1.807, 2.05) is 30.3 Å². The summed E-state index contributed by atoms with van der Waals surface area (Å²) < 4.78 is 4.88. The summed E-state index contributed by atoms with van der Waals surface area (Å²) in [5.74, 6) is -0.0695. The molecule has 3 heteroatoms. The number of carbonyl (C=O) groups is 1. The first-order valence-electron chi connectivity index (χ1n) is 5.33. The van der Waals surface area contributed by atoms with Crippen LogP contribution in [0.25, 0.3) is 6.08 Å². The van der Waals surface area contributed by atoms with Gasteiger partial charge in [-0.2, -0.15) is 0 Å². The second-order valence-corrected chi connectivity index (χ2v) is 3.38. The molecule has 1 aromatic carbocycles. The molecular formula is C13H17NO2. The lowest BCUT2D eigenvalue weighted by molar-refractivity contribution is -0.116. The van der Waals surface area contributed by atoms with Crippen LogP contribution in [0.5, 0.6) is 0 Å². The summed E-state index contributed by atoms with van der Waals surface area (Å²) in [5.41, 5.74) is 1.02. The molecule has 0 spiro atoms. The predicted octanol–water partition coefficient (Wildman–Crippen LogP) is 1.85. The molecule has 16 heavy (non-hydrogen) atoms. The largest absolute Gasteiger partial charge is 0.385 e. The summed E-state index contributed by atoms with van der Waals surface area (Å²) in [5, 5.41) is 2.78. The average Bonchev–Trinajstić information content (AvgIpc) is 2.33. The van der Waals surface area contributed by atoms with Crippen LogP contribution in [0.15, 0.2) is 36.4 Å². The van der Waals surface area contributed by atoms with Gasteiger partial charge in [-0.05, 0) is 18.1 Å². The van der Waals surface area contributed by atoms with E-state index in [1.165, 1.54) is 0 Å². The molecule has 0 aromatic heterocycles. The Hall–Kier alpha value is -1.61. The minimum atomic E-state index is -0.0695. The molecule has 0 aliphatic carbocycles. The Kier molecular flexibility index (Phi) is 5.96. The van der Waals surface area contributed by atoms with E-state index in [-0.39, 0.29) is 5.91 Å². The molecule has 0 atom stereocenters. The summed E-state index contributed by atoms with van der Waals surface area (Å²) in [4.78, 5) is 11.3. The van der Waals surface area contributed by atoms with Crippen LogP contribution in [0.1, 0.15) is 12.0 Å². The first-order chi connectivity index (χ1) is 7.83. The Morgan fingerprint density at radius 1 is 1.38 bits per heavy atom. The summed E-state index contributed by atoms with van der Waals surface area (Å²) in [7, 11) is 1.65. The average molecular weight is 219 g/mol. The van der Waals surface area contributed by atoms with E-state index in [1.54, 1.807) is 19.3 Å². The van der Waals surface area contributed by atoms with Crippen molar-refractivity contribution in [2.75, 3.05) is 20.3 Å². The molecule has 86 valence electrons. The van der Waals surface area contributed by atoms with Crippen LogP contribution >= 0.6 is 0 Å². The Balaban J connectivity index is 2.26. The van der Waals surface area contributed by atoms with Gasteiger partial charge in [0, 0.05) is 26.3 Å². The summed E-state index contributed by atoms with van der Waals surface area (Å²) in [6.07, 6.45) is 4.18. The van der Waals surface area contributed by atoms with Crippen molar-refractivity contribution in [2.24, 2.45) is 0 Å². The zero-order valence-electron chi connectivity index (χ0n) is 9.48. The number of rotatable bonds is 6. The fourth-order valence-corrected chi connectivity index (χ4v) is 1.22. The molecular weight excluding hydrogens is 202 g/mol. The summed E-state index contributed by atoms with van der Waals surface area (Å²) in [6, 6.07) is 9.73. The van der Waals surface area contributed by atoms with Crippen molar-refractivity contribution >= 4 is 12.0 Å². The number of benzene rings is 1. The van der Waals surface area contributed by atoms with Crippen LogP contribution in [0.3, 0.4) is 0 Å². The maximum absolute atomic E-state index is 11.3. The topological polar surface area (TPSA) is 38.3 Å². The lowest BCUT2D eigenvalue weighted by atomic mass is 10.2. The van der Waals surface area contributed by atoms with Gasteiger partial charge in [0.1, 0.15) is 0 Å². The van der Waals surface area contributed by atoms with E-state index < -0.39 is 0 Å². The van der Waals surface area contributed by atoms with Crippen molar-refractivity contribution in [3.8, 4) is 0 Å². The summed E-state index contributed by atoms with van der Waals surface area (Å²) >= 11 is 0. The van der Waals surface area contributed by atoms with Gasteiger partial charge in [0.25, 0.3) is 0 Å². The predicted molar refractivity (Wildman–Crippen MR) is 65.0 cm³/mol. The number of hydrogen-bond donors (Lipinski definition) is 1. The molecule has 0 saturated carbocycles. The quantitative estimate of drug-likeness (QED) is 0.585. The molecule has 0 fully saturated rings. The van der Waals surface area contributed by atoms with Gasteiger partial charge in [-0.1, -0.05) is 30.3 Å². The van der Waals surface area contributed by atoms with Crippen molar-refractivity contribution in [1.82, 2.24) is 5.32 Å². The molecule has 0 aliphatic rings. The standard InChI is InChI=1S/C13H17NO2/c1-16-11-5-10-14-13(15)9-8-12-6-3-2-4-7-12/h2-4,6-9H,5,10-11H2,1H3,(H,14,15)/b9-8-. The van der Waals surface area contributed by atoms with E-state index in [2.05, 4.69) is 5.32 Å². The Morgan fingerprint density at radius 2 is 2.12 bits per heavy atom. The van der Waals surface area contributed by atoms with Gasteiger partial charge in [0.2, 0.25) is 5.91 Å². The lowest BCUT2D eigenvalue weighted by Gasteiger charge is -2.00. The van der Waals surface area contributed by atoms with E-state index in [0.29, 0.717) is 13.2 Å². The smallest absolute Gasteiger partial charge is 0.244 e. The fraction of sp³-hybridized carbons (Fsp3) is 0.308. The maximum atomic E-state index is 11.3.